The maximum atomic E-state index is 13.2. The highest BCUT2D eigenvalue weighted by Gasteiger charge is 2.15. The van der Waals surface area contributed by atoms with Crippen molar-refractivity contribution in [3.8, 4) is 0 Å². The van der Waals surface area contributed by atoms with Gasteiger partial charge in [-0.25, -0.2) is 4.79 Å². The van der Waals surface area contributed by atoms with Crippen LogP contribution < -0.4 is 10.6 Å². The lowest BCUT2D eigenvalue weighted by Crippen LogP contribution is -2.19. The van der Waals surface area contributed by atoms with Crippen LogP contribution in [-0.4, -0.2) is 11.0 Å². The molecule has 0 spiro atoms. The van der Waals surface area contributed by atoms with Crippen molar-refractivity contribution in [1.82, 2.24) is 0 Å². The first-order valence-corrected chi connectivity index (χ1v) is 6.04. The van der Waals surface area contributed by atoms with Crippen LogP contribution in [0.3, 0.4) is 0 Å². The van der Waals surface area contributed by atoms with E-state index in [1.54, 1.807) is 12.1 Å². The number of anilines is 2. The fourth-order valence-corrected chi connectivity index (χ4v) is 1.66. The van der Waals surface area contributed by atoms with Gasteiger partial charge in [0.25, 0.3) is 0 Å². The number of nitrogens with zero attached hydrogens (tertiary/aromatic N) is 1. The molecular weight excluding hydrogens is 277 g/mol. The van der Waals surface area contributed by atoms with E-state index < -0.39 is 22.5 Å². The summed E-state index contributed by atoms with van der Waals surface area (Å²) in [5.41, 5.74) is 1.07. The highest BCUT2D eigenvalue weighted by molar-refractivity contribution is 5.99. The Balaban J connectivity index is 2.07. The summed E-state index contributed by atoms with van der Waals surface area (Å²) in [5.74, 6) is -0.954. The van der Waals surface area contributed by atoms with E-state index >= 15 is 0 Å². The summed E-state index contributed by atoms with van der Waals surface area (Å²) in [4.78, 5) is 21.5. The van der Waals surface area contributed by atoms with Gasteiger partial charge in [-0.2, -0.15) is 4.39 Å². The first-order valence-electron chi connectivity index (χ1n) is 6.04. The average Bonchev–Trinajstić information content (AvgIpc) is 2.43. The van der Waals surface area contributed by atoms with Gasteiger partial charge in [-0.05, 0) is 31.2 Å². The van der Waals surface area contributed by atoms with Crippen LogP contribution >= 0.6 is 0 Å². The zero-order chi connectivity index (χ0) is 15.4. The molecule has 0 aliphatic rings. The second-order valence-corrected chi connectivity index (χ2v) is 4.37. The molecule has 2 amide bonds. The standard InChI is InChI=1S/C14H12FN3O3/c1-9-2-4-10(5-3-9)16-14(19)17-11-6-7-12(15)13(8-11)18(20)21/h2-8H,1H3,(H2,16,17,19). The van der Waals surface area contributed by atoms with Crippen LogP contribution in [0.5, 0.6) is 0 Å². The van der Waals surface area contributed by atoms with E-state index in [0.717, 1.165) is 17.7 Å². The molecule has 6 nitrogen and oxygen atoms in total. The second kappa shape index (κ2) is 6.00. The van der Waals surface area contributed by atoms with Crippen molar-refractivity contribution in [2.24, 2.45) is 0 Å². The van der Waals surface area contributed by atoms with Crippen molar-refractivity contribution >= 4 is 23.1 Å². The van der Waals surface area contributed by atoms with Crippen LogP contribution in [0.2, 0.25) is 0 Å². The molecule has 0 atom stereocenters. The van der Waals surface area contributed by atoms with Gasteiger partial charge in [0.05, 0.1) is 4.92 Å². The average molecular weight is 289 g/mol. The predicted molar refractivity (Wildman–Crippen MR) is 76.9 cm³/mol. The zero-order valence-corrected chi connectivity index (χ0v) is 11.1. The zero-order valence-electron chi connectivity index (χ0n) is 11.1. The predicted octanol–water partition coefficient (Wildman–Crippen LogP) is 3.69. The topological polar surface area (TPSA) is 84.3 Å². The van der Waals surface area contributed by atoms with E-state index in [-0.39, 0.29) is 5.69 Å². The van der Waals surface area contributed by atoms with Gasteiger partial charge in [0.1, 0.15) is 0 Å². The Hall–Kier alpha value is -2.96. The van der Waals surface area contributed by atoms with E-state index in [1.165, 1.54) is 6.07 Å². The second-order valence-electron chi connectivity index (χ2n) is 4.37. The molecule has 0 aliphatic carbocycles. The van der Waals surface area contributed by atoms with Gasteiger partial charge < -0.3 is 10.6 Å². The van der Waals surface area contributed by atoms with Gasteiger partial charge >= 0.3 is 11.7 Å². The summed E-state index contributed by atoms with van der Waals surface area (Å²) in [6.07, 6.45) is 0. The molecule has 0 aromatic heterocycles. The van der Waals surface area contributed by atoms with Crippen LogP contribution in [0, 0.1) is 22.9 Å². The molecule has 0 saturated heterocycles. The number of halogens is 1. The van der Waals surface area contributed by atoms with E-state index in [9.17, 15) is 19.3 Å². The van der Waals surface area contributed by atoms with Crippen molar-refractivity contribution in [3.63, 3.8) is 0 Å². The summed E-state index contributed by atoms with van der Waals surface area (Å²) in [6.45, 7) is 1.92. The molecule has 21 heavy (non-hydrogen) atoms. The third-order valence-electron chi connectivity index (χ3n) is 2.71. The summed E-state index contributed by atoms with van der Waals surface area (Å²) in [7, 11) is 0. The van der Waals surface area contributed by atoms with E-state index in [0.29, 0.717) is 5.69 Å². The third kappa shape index (κ3) is 3.75. The number of amides is 2. The number of carbonyl (C=O) groups is 1. The minimum atomic E-state index is -0.954. The Labute approximate surface area is 119 Å². The summed E-state index contributed by atoms with van der Waals surface area (Å²) in [5, 5.41) is 15.6. The van der Waals surface area contributed by atoms with Crippen LogP contribution in [0.15, 0.2) is 42.5 Å². The number of hydrogen-bond acceptors (Lipinski definition) is 3. The van der Waals surface area contributed by atoms with Gasteiger partial charge in [-0.3, -0.25) is 10.1 Å². The molecule has 0 aliphatic heterocycles. The molecule has 0 unspecified atom stereocenters. The Morgan fingerprint density at radius 2 is 1.67 bits per heavy atom. The first-order chi connectivity index (χ1) is 9.95. The number of nitrogens with one attached hydrogen (secondary N) is 2. The van der Waals surface area contributed by atoms with Crippen molar-refractivity contribution in [2.75, 3.05) is 10.6 Å². The number of rotatable bonds is 3. The molecule has 0 bridgehead atoms. The van der Waals surface area contributed by atoms with Crippen molar-refractivity contribution in [1.29, 1.82) is 0 Å². The first kappa shape index (κ1) is 14.4. The third-order valence-corrected chi connectivity index (χ3v) is 2.71. The molecule has 2 rings (SSSR count). The Morgan fingerprint density at radius 3 is 2.29 bits per heavy atom. The maximum Gasteiger partial charge on any atom is 0.323 e. The van der Waals surface area contributed by atoms with Crippen molar-refractivity contribution in [3.05, 3.63) is 64.0 Å². The quantitative estimate of drug-likeness (QED) is 0.667. The van der Waals surface area contributed by atoms with Crippen molar-refractivity contribution < 1.29 is 14.1 Å². The smallest absolute Gasteiger partial charge is 0.308 e. The monoisotopic (exact) mass is 289 g/mol. The normalized spacial score (nSPS) is 10.0. The minimum absolute atomic E-state index is 0.132. The number of carbonyl (C=O) groups excluding carboxylic acids is 1. The molecule has 2 aromatic rings. The van der Waals surface area contributed by atoms with E-state index in [1.807, 2.05) is 19.1 Å². The fourth-order valence-electron chi connectivity index (χ4n) is 1.66. The Kier molecular flexibility index (Phi) is 4.13. The molecule has 7 heteroatoms. The fraction of sp³-hybridized carbons (Fsp3) is 0.0714. The van der Waals surface area contributed by atoms with Crippen LogP contribution in [0.25, 0.3) is 0 Å². The number of benzene rings is 2. The summed E-state index contributed by atoms with van der Waals surface area (Å²) < 4.78 is 13.2. The van der Waals surface area contributed by atoms with Gasteiger partial charge in [0.2, 0.25) is 5.82 Å². The lowest BCUT2D eigenvalue weighted by molar-refractivity contribution is -0.387. The molecule has 108 valence electrons. The number of aryl methyl sites for hydroxylation is 1. The van der Waals surface area contributed by atoms with Gasteiger partial charge in [-0.15, -0.1) is 0 Å². The minimum Gasteiger partial charge on any atom is -0.308 e. The molecule has 0 fully saturated rings. The summed E-state index contributed by atoms with van der Waals surface area (Å²) in [6, 6.07) is 9.68. The maximum absolute atomic E-state index is 13.2. The van der Waals surface area contributed by atoms with E-state index in [2.05, 4.69) is 10.6 Å². The number of urea groups is 1. The summed E-state index contributed by atoms with van der Waals surface area (Å²) >= 11 is 0. The highest BCUT2D eigenvalue weighted by Crippen LogP contribution is 2.21. The molecule has 0 saturated carbocycles. The largest absolute Gasteiger partial charge is 0.323 e. The molecular formula is C14H12FN3O3. The number of nitro groups is 1. The number of hydrogen-bond donors (Lipinski definition) is 2. The van der Waals surface area contributed by atoms with E-state index in [4.69, 9.17) is 0 Å². The lowest BCUT2D eigenvalue weighted by atomic mass is 10.2. The van der Waals surface area contributed by atoms with Crippen molar-refractivity contribution in [2.45, 2.75) is 6.92 Å². The van der Waals surface area contributed by atoms with Gasteiger partial charge in [-0.1, -0.05) is 17.7 Å². The molecule has 2 aromatic carbocycles. The Morgan fingerprint density at radius 1 is 1.10 bits per heavy atom. The van der Waals surface area contributed by atoms with Gasteiger partial charge in [0.15, 0.2) is 0 Å². The number of nitro benzene ring substituents is 1. The Bertz CT molecular complexity index is 686. The molecule has 0 radical (unpaired) electrons. The molecule has 2 N–H and O–H groups in total. The lowest BCUT2D eigenvalue weighted by Gasteiger charge is -2.08. The van der Waals surface area contributed by atoms with Gasteiger partial charge in [0, 0.05) is 17.4 Å². The van der Waals surface area contributed by atoms with Crippen LogP contribution in [0.4, 0.5) is 26.2 Å². The SMILES string of the molecule is Cc1ccc(NC(=O)Nc2ccc(F)c([N+](=O)[O-])c2)cc1. The van der Waals surface area contributed by atoms with Crippen LogP contribution in [-0.2, 0) is 0 Å². The molecule has 0 heterocycles. The van der Waals surface area contributed by atoms with Crippen LogP contribution in [0.1, 0.15) is 5.56 Å². The highest BCUT2D eigenvalue weighted by atomic mass is 19.1.